The summed E-state index contributed by atoms with van der Waals surface area (Å²) in [6.45, 7) is 1.88. The highest BCUT2D eigenvalue weighted by Crippen LogP contribution is 2.20. The van der Waals surface area contributed by atoms with Crippen LogP contribution < -0.4 is 0 Å². The maximum absolute atomic E-state index is 11.3. The molecule has 0 aliphatic carbocycles. The Kier molecular flexibility index (Phi) is 2.41. The van der Waals surface area contributed by atoms with Crippen LogP contribution in [-0.2, 0) is 16.1 Å². The van der Waals surface area contributed by atoms with Crippen LogP contribution in [0.25, 0.3) is 0 Å². The lowest BCUT2D eigenvalue weighted by atomic mass is 10.2. The lowest BCUT2D eigenvalue weighted by Gasteiger charge is -2.03. The molecule has 0 saturated carbocycles. The van der Waals surface area contributed by atoms with Crippen LogP contribution in [-0.4, -0.2) is 22.9 Å². The first kappa shape index (κ1) is 9.71. The molecular weight excluding hydrogens is 194 g/mol. The van der Waals surface area contributed by atoms with E-state index in [9.17, 15) is 9.59 Å². The number of rotatable bonds is 2. The van der Waals surface area contributed by atoms with Gasteiger partial charge in [0, 0.05) is 0 Å². The van der Waals surface area contributed by atoms with Gasteiger partial charge in [0.15, 0.2) is 0 Å². The van der Waals surface area contributed by atoms with E-state index in [1.807, 2.05) is 30.3 Å². The normalized spacial score (nSPS) is 18.9. The molecule has 0 spiro atoms. The molecule has 0 radical (unpaired) electrons. The molecule has 1 saturated heterocycles. The molecule has 2 amide bonds. The average molecular weight is 205 g/mol. The fourth-order valence-corrected chi connectivity index (χ4v) is 1.31. The Balaban J connectivity index is 1.85. The van der Waals surface area contributed by atoms with Crippen molar-refractivity contribution in [2.24, 2.45) is 0 Å². The summed E-state index contributed by atoms with van der Waals surface area (Å²) in [5.41, 5.74) is 0.910. The molecule has 0 bridgehead atoms. The Morgan fingerprint density at radius 3 is 2.53 bits per heavy atom. The van der Waals surface area contributed by atoms with Crippen molar-refractivity contribution in [3.8, 4) is 0 Å². The number of ether oxygens (including phenoxy) is 1. The molecule has 4 heteroatoms. The topological polar surface area (TPSA) is 46.4 Å². The molecule has 15 heavy (non-hydrogen) atoms. The number of nitrogens with zero attached hydrogens (tertiary/aromatic N) is 1. The Labute approximate surface area is 87.4 Å². The molecule has 1 aromatic rings. The van der Waals surface area contributed by atoms with E-state index < -0.39 is 6.09 Å². The second-order valence-corrected chi connectivity index (χ2v) is 3.42. The van der Waals surface area contributed by atoms with E-state index in [0.29, 0.717) is 0 Å². The summed E-state index contributed by atoms with van der Waals surface area (Å²) in [4.78, 5) is 23.3. The second-order valence-electron chi connectivity index (χ2n) is 3.42. The lowest BCUT2D eigenvalue weighted by molar-refractivity contribution is -0.113. The summed E-state index contributed by atoms with van der Waals surface area (Å²) in [6.07, 6.45) is -0.559. The van der Waals surface area contributed by atoms with Crippen molar-refractivity contribution in [3.63, 3.8) is 0 Å². The number of hydrogen-bond donors (Lipinski definition) is 0. The fourth-order valence-electron chi connectivity index (χ4n) is 1.31. The molecule has 1 atom stereocenters. The van der Waals surface area contributed by atoms with Crippen molar-refractivity contribution in [3.05, 3.63) is 35.9 Å². The third-order valence-corrected chi connectivity index (χ3v) is 2.32. The minimum atomic E-state index is -0.559. The SMILES string of the molecule is CC1C(=O)N1C(=O)OCc1ccccc1. The van der Waals surface area contributed by atoms with Crippen LogP contribution in [0.2, 0.25) is 0 Å². The predicted molar refractivity (Wildman–Crippen MR) is 52.9 cm³/mol. The van der Waals surface area contributed by atoms with E-state index in [1.54, 1.807) is 6.92 Å². The van der Waals surface area contributed by atoms with Gasteiger partial charge in [0.1, 0.15) is 12.6 Å². The monoisotopic (exact) mass is 205 g/mol. The Hall–Kier alpha value is -1.84. The summed E-state index contributed by atoms with van der Waals surface area (Å²) in [5.74, 6) is -0.173. The van der Waals surface area contributed by atoms with Gasteiger partial charge in [0.05, 0.1) is 0 Å². The maximum atomic E-state index is 11.3. The van der Waals surface area contributed by atoms with Crippen LogP contribution in [0.5, 0.6) is 0 Å². The van der Waals surface area contributed by atoms with Crippen molar-refractivity contribution in [2.45, 2.75) is 19.6 Å². The first-order valence-electron chi connectivity index (χ1n) is 4.74. The van der Waals surface area contributed by atoms with Crippen LogP contribution >= 0.6 is 0 Å². The van der Waals surface area contributed by atoms with E-state index in [0.717, 1.165) is 10.5 Å². The van der Waals surface area contributed by atoms with E-state index in [1.165, 1.54) is 0 Å². The minimum Gasteiger partial charge on any atom is -0.444 e. The molecule has 1 unspecified atom stereocenters. The number of hydrogen-bond acceptors (Lipinski definition) is 3. The number of amides is 2. The molecule has 0 aromatic heterocycles. The molecule has 78 valence electrons. The summed E-state index contributed by atoms with van der Waals surface area (Å²) < 4.78 is 4.96. The molecule has 1 aliphatic heterocycles. The largest absolute Gasteiger partial charge is 0.444 e. The Morgan fingerprint density at radius 1 is 1.40 bits per heavy atom. The van der Waals surface area contributed by atoms with Gasteiger partial charge in [-0.1, -0.05) is 30.3 Å². The first-order valence-corrected chi connectivity index (χ1v) is 4.74. The van der Waals surface area contributed by atoms with Gasteiger partial charge in [-0.2, -0.15) is 0 Å². The van der Waals surface area contributed by atoms with Gasteiger partial charge in [0.2, 0.25) is 0 Å². The molecule has 4 nitrogen and oxygen atoms in total. The zero-order valence-corrected chi connectivity index (χ0v) is 8.34. The van der Waals surface area contributed by atoms with Crippen molar-refractivity contribution >= 4 is 12.0 Å². The third-order valence-electron chi connectivity index (χ3n) is 2.32. The highest BCUT2D eigenvalue weighted by atomic mass is 16.6. The van der Waals surface area contributed by atoms with Gasteiger partial charge in [-0.05, 0) is 12.5 Å². The Morgan fingerprint density at radius 2 is 2.00 bits per heavy atom. The zero-order chi connectivity index (χ0) is 10.8. The first-order chi connectivity index (χ1) is 7.20. The van der Waals surface area contributed by atoms with Gasteiger partial charge in [0.25, 0.3) is 5.91 Å². The molecule has 0 N–H and O–H groups in total. The number of benzene rings is 1. The minimum absolute atomic E-state index is 0.173. The maximum Gasteiger partial charge on any atom is 0.417 e. The van der Waals surface area contributed by atoms with Gasteiger partial charge < -0.3 is 4.74 Å². The van der Waals surface area contributed by atoms with Crippen LogP contribution in [0.4, 0.5) is 4.79 Å². The average Bonchev–Trinajstić information content (AvgIpc) is 2.85. The number of imide groups is 1. The van der Waals surface area contributed by atoms with Gasteiger partial charge in [-0.3, -0.25) is 4.79 Å². The van der Waals surface area contributed by atoms with Crippen LogP contribution in [0.15, 0.2) is 30.3 Å². The Bertz CT molecular complexity index is 388. The molecule has 1 fully saturated rings. The highest BCUT2D eigenvalue weighted by molar-refractivity contribution is 6.09. The molecule has 1 aromatic carbocycles. The van der Waals surface area contributed by atoms with E-state index in [-0.39, 0.29) is 18.6 Å². The zero-order valence-electron chi connectivity index (χ0n) is 8.34. The smallest absolute Gasteiger partial charge is 0.417 e. The molecule has 1 aliphatic rings. The van der Waals surface area contributed by atoms with Crippen LogP contribution in [0, 0.1) is 0 Å². The van der Waals surface area contributed by atoms with Gasteiger partial charge in [-0.25, -0.2) is 9.69 Å². The fraction of sp³-hybridized carbons (Fsp3) is 0.273. The van der Waals surface area contributed by atoms with Crippen molar-refractivity contribution in [1.29, 1.82) is 0 Å². The van der Waals surface area contributed by atoms with Crippen LogP contribution in [0.1, 0.15) is 12.5 Å². The predicted octanol–water partition coefficient (Wildman–Crippen LogP) is 1.55. The third kappa shape index (κ3) is 1.98. The lowest BCUT2D eigenvalue weighted by Crippen LogP contribution is -2.14. The van der Waals surface area contributed by atoms with E-state index in [2.05, 4.69) is 0 Å². The van der Waals surface area contributed by atoms with Gasteiger partial charge >= 0.3 is 6.09 Å². The number of carbonyl (C=O) groups excluding carboxylic acids is 2. The molecule has 2 rings (SSSR count). The summed E-state index contributed by atoms with van der Waals surface area (Å²) >= 11 is 0. The molecule has 1 heterocycles. The van der Waals surface area contributed by atoms with Crippen molar-refractivity contribution in [2.75, 3.05) is 0 Å². The van der Waals surface area contributed by atoms with E-state index in [4.69, 9.17) is 4.74 Å². The van der Waals surface area contributed by atoms with Crippen molar-refractivity contribution in [1.82, 2.24) is 4.90 Å². The standard InChI is InChI=1S/C11H11NO3/c1-8-10(13)12(8)11(14)15-7-9-5-3-2-4-6-9/h2-6,8H,7H2,1H3. The molecular formula is C11H11NO3. The van der Waals surface area contributed by atoms with Crippen molar-refractivity contribution < 1.29 is 14.3 Å². The quantitative estimate of drug-likeness (QED) is 0.688. The highest BCUT2D eigenvalue weighted by Gasteiger charge is 2.48. The summed E-state index contributed by atoms with van der Waals surface area (Å²) in [7, 11) is 0. The van der Waals surface area contributed by atoms with E-state index >= 15 is 0 Å². The second kappa shape index (κ2) is 3.73. The number of carbonyl (C=O) groups is 2. The summed E-state index contributed by atoms with van der Waals surface area (Å²) in [6, 6.07) is 9.04. The van der Waals surface area contributed by atoms with Gasteiger partial charge in [-0.15, -0.1) is 0 Å². The summed E-state index contributed by atoms with van der Waals surface area (Å²) in [5, 5.41) is 0. The van der Waals surface area contributed by atoms with Crippen LogP contribution in [0.3, 0.4) is 0 Å².